The molecule has 0 atom stereocenters. The zero-order valence-electron chi connectivity index (χ0n) is 15.4. The lowest BCUT2D eigenvalue weighted by Gasteiger charge is -2.36. The number of aryl methyl sites for hydroxylation is 2. The molecule has 0 aliphatic carbocycles. The van der Waals surface area contributed by atoms with Crippen LogP contribution in [0.5, 0.6) is 5.75 Å². The van der Waals surface area contributed by atoms with E-state index in [-0.39, 0.29) is 11.7 Å². The third-order valence-corrected chi connectivity index (χ3v) is 4.74. The first-order valence-corrected chi connectivity index (χ1v) is 9.02. The van der Waals surface area contributed by atoms with Crippen LogP contribution in [0.1, 0.15) is 17.5 Å². The van der Waals surface area contributed by atoms with Crippen LogP contribution in [0, 0.1) is 19.7 Å². The molecule has 0 unspecified atom stereocenters. The number of nitrogens with zero attached hydrogens (tertiary/aromatic N) is 2. The maximum atomic E-state index is 13.9. The Balaban J connectivity index is 1.47. The number of carbonyl (C=O) groups is 1. The molecule has 0 N–H and O–H groups in total. The van der Waals surface area contributed by atoms with E-state index in [2.05, 4.69) is 0 Å². The van der Waals surface area contributed by atoms with Gasteiger partial charge in [0.15, 0.2) is 0 Å². The van der Waals surface area contributed by atoms with Crippen LogP contribution < -0.4 is 9.64 Å². The van der Waals surface area contributed by atoms with Crippen LogP contribution in [-0.2, 0) is 4.79 Å². The average Bonchev–Trinajstić information content (AvgIpc) is 2.65. The molecule has 5 heteroatoms. The van der Waals surface area contributed by atoms with E-state index in [1.165, 1.54) is 6.07 Å². The Bertz CT molecular complexity index is 770. The van der Waals surface area contributed by atoms with E-state index in [4.69, 9.17) is 4.74 Å². The van der Waals surface area contributed by atoms with Gasteiger partial charge in [0.25, 0.3) is 0 Å². The number of anilines is 1. The second-order valence-corrected chi connectivity index (χ2v) is 6.69. The fraction of sp³-hybridized carbons (Fsp3) is 0.381. The summed E-state index contributed by atoms with van der Waals surface area (Å²) in [5.74, 6) is 0.708. The summed E-state index contributed by atoms with van der Waals surface area (Å²) in [5, 5.41) is 0. The number of amides is 1. The monoisotopic (exact) mass is 356 g/mol. The van der Waals surface area contributed by atoms with Gasteiger partial charge in [0, 0.05) is 26.2 Å². The molecule has 26 heavy (non-hydrogen) atoms. The highest BCUT2D eigenvalue weighted by molar-refractivity contribution is 5.76. The van der Waals surface area contributed by atoms with Crippen molar-refractivity contribution in [3.05, 3.63) is 59.4 Å². The van der Waals surface area contributed by atoms with Crippen molar-refractivity contribution in [1.29, 1.82) is 0 Å². The maximum Gasteiger partial charge on any atom is 0.226 e. The molecule has 1 fully saturated rings. The number of benzene rings is 2. The van der Waals surface area contributed by atoms with Crippen molar-refractivity contribution in [2.24, 2.45) is 0 Å². The number of carbonyl (C=O) groups excluding carboxylic acids is 1. The zero-order valence-corrected chi connectivity index (χ0v) is 15.4. The fourth-order valence-corrected chi connectivity index (χ4v) is 3.17. The largest absolute Gasteiger partial charge is 0.493 e. The summed E-state index contributed by atoms with van der Waals surface area (Å²) < 4.78 is 19.7. The predicted octanol–water partition coefficient (Wildman–Crippen LogP) is 3.56. The van der Waals surface area contributed by atoms with Crippen LogP contribution >= 0.6 is 0 Å². The molecule has 1 saturated heterocycles. The zero-order chi connectivity index (χ0) is 18.5. The number of piperazine rings is 1. The predicted molar refractivity (Wildman–Crippen MR) is 101 cm³/mol. The van der Waals surface area contributed by atoms with Gasteiger partial charge in [-0.25, -0.2) is 4.39 Å². The number of ether oxygens (including phenoxy) is 1. The van der Waals surface area contributed by atoms with Crippen molar-refractivity contribution in [2.75, 3.05) is 37.7 Å². The molecule has 1 aliphatic rings. The molecular weight excluding hydrogens is 331 g/mol. The van der Waals surface area contributed by atoms with Gasteiger partial charge in [-0.1, -0.05) is 24.3 Å². The van der Waals surface area contributed by atoms with Gasteiger partial charge in [-0.3, -0.25) is 4.79 Å². The third-order valence-electron chi connectivity index (χ3n) is 4.74. The Labute approximate surface area is 154 Å². The molecule has 0 radical (unpaired) electrons. The quantitative estimate of drug-likeness (QED) is 0.821. The van der Waals surface area contributed by atoms with Crippen LogP contribution in [0.25, 0.3) is 0 Å². The SMILES string of the molecule is Cc1ccc(C)c(OCCC(=O)N2CCN(c3ccccc3F)CC2)c1. The minimum Gasteiger partial charge on any atom is -0.493 e. The first-order chi connectivity index (χ1) is 12.5. The molecular formula is C21H25FN2O2. The summed E-state index contributed by atoms with van der Waals surface area (Å²) in [6.07, 6.45) is 0.354. The Kier molecular flexibility index (Phi) is 5.76. The van der Waals surface area contributed by atoms with Crippen LogP contribution in [0.3, 0.4) is 0 Å². The molecule has 1 aliphatic heterocycles. The molecule has 138 valence electrons. The smallest absolute Gasteiger partial charge is 0.226 e. The van der Waals surface area contributed by atoms with Crippen molar-refractivity contribution in [3.63, 3.8) is 0 Å². The van der Waals surface area contributed by atoms with Gasteiger partial charge < -0.3 is 14.5 Å². The van der Waals surface area contributed by atoms with Crippen molar-refractivity contribution >= 4 is 11.6 Å². The number of para-hydroxylation sites is 1. The summed E-state index contributed by atoms with van der Waals surface area (Å²) in [5.41, 5.74) is 2.82. The van der Waals surface area contributed by atoms with E-state index in [1.807, 2.05) is 47.9 Å². The van der Waals surface area contributed by atoms with Crippen molar-refractivity contribution in [2.45, 2.75) is 20.3 Å². The minimum absolute atomic E-state index is 0.0866. The highest BCUT2D eigenvalue weighted by Gasteiger charge is 2.22. The van der Waals surface area contributed by atoms with E-state index in [1.54, 1.807) is 12.1 Å². The summed E-state index contributed by atoms with van der Waals surface area (Å²) in [7, 11) is 0. The van der Waals surface area contributed by atoms with Gasteiger partial charge in [-0.05, 0) is 43.2 Å². The number of hydrogen-bond acceptors (Lipinski definition) is 3. The van der Waals surface area contributed by atoms with Gasteiger partial charge in [0.05, 0.1) is 18.7 Å². The van der Waals surface area contributed by atoms with Crippen LogP contribution in [0.4, 0.5) is 10.1 Å². The Morgan fingerprint density at radius 3 is 2.54 bits per heavy atom. The highest BCUT2D eigenvalue weighted by atomic mass is 19.1. The minimum atomic E-state index is -0.214. The Morgan fingerprint density at radius 2 is 1.81 bits per heavy atom. The van der Waals surface area contributed by atoms with Gasteiger partial charge in [0.1, 0.15) is 11.6 Å². The van der Waals surface area contributed by atoms with Crippen molar-refractivity contribution in [1.82, 2.24) is 4.90 Å². The summed E-state index contributed by atoms with van der Waals surface area (Å²) in [6.45, 7) is 6.89. The molecule has 0 aromatic heterocycles. The molecule has 1 amide bonds. The molecule has 4 nitrogen and oxygen atoms in total. The fourth-order valence-electron chi connectivity index (χ4n) is 3.17. The van der Waals surface area contributed by atoms with E-state index < -0.39 is 0 Å². The number of rotatable bonds is 5. The lowest BCUT2D eigenvalue weighted by molar-refractivity contribution is -0.132. The first-order valence-electron chi connectivity index (χ1n) is 9.02. The molecule has 0 spiro atoms. The average molecular weight is 356 g/mol. The summed E-state index contributed by atoms with van der Waals surface area (Å²) >= 11 is 0. The van der Waals surface area contributed by atoms with Crippen LogP contribution in [0.15, 0.2) is 42.5 Å². The Morgan fingerprint density at radius 1 is 1.08 bits per heavy atom. The molecule has 0 bridgehead atoms. The highest BCUT2D eigenvalue weighted by Crippen LogP contribution is 2.21. The molecule has 3 rings (SSSR count). The van der Waals surface area contributed by atoms with Gasteiger partial charge in [0.2, 0.25) is 5.91 Å². The van der Waals surface area contributed by atoms with Crippen LogP contribution in [-0.4, -0.2) is 43.6 Å². The maximum absolute atomic E-state index is 13.9. The van der Waals surface area contributed by atoms with E-state index in [0.717, 1.165) is 16.9 Å². The molecule has 2 aromatic rings. The number of hydrogen-bond donors (Lipinski definition) is 0. The lowest BCUT2D eigenvalue weighted by Crippen LogP contribution is -2.49. The van der Waals surface area contributed by atoms with Gasteiger partial charge in [-0.15, -0.1) is 0 Å². The summed E-state index contributed by atoms with van der Waals surface area (Å²) in [6, 6.07) is 12.8. The number of halogens is 1. The van der Waals surface area contributed by atoms with E-state index >= 15 is 0 Å². The first kappa shape index (κ1) is 18.2. The molecule has 1 heterocycles. The molecule has 0 saturated carbocycles. The van der Waals surface area contributed by atoms with E-state index in [0.29, 0.717) is 44.9 Å². The second-order valence-electron chi connectivity index (χ2n) is 6.69. The second kappa shape index (κ2) is 8.21. The van der Waals surface area contributed by atoms with Crippen molar-refractivity contribution < 1.29 is 13.9 Å². The van der Waals surface area contributed by atoms with E-state index in [9.17, 15) is 9.18 Å². The van der Waals surface area contributed by atoms with Crippen LogP contribution in [0.2, 0.25) is 0 Å². The standard InChI is InChI=1S/C21H25FN2O2/c1-16-7-8-17(2)20(15-16)26-14-9-21(25)24-12-10-23(11-13-24)19-6-4-3-5-18(19)22/h3-8,15H,9-14H2,1-2H3. The Hall–Kier alpha value is -2.56. The van der Waals surface area contributed by atoms with Gasteiger partial charge >= 0.3 is 0 Å². The summed E-state index contributed by atoms with van der Waals surface area (Å²) in [4.78, 5) is 16.2. The molecule has 2 aromatic carbocycles. The normalized spacial score (nSPS) is 14.4. The third kappa shape index (κ3) is 4.34. The van der Waals surface area contributed by atoms with Gasteiger partial charge in [-0.2, -0.15) is 0 Å². The lowest BCUT2D eigenvalue weighted by atomic mass is 10.1. The topological polar surface area (TPSA) is 32.8 Å². The van der Waals surface area contributed by atoms with Crippen molar-refractivity contribution in [3.8, 4) is 5.75 Å².